The van der Waals surface area contributed by atoms with Crippen LogP contribution in [-0.2, 0) is 0 Å². The molecule has 1 aromatic carbocycles. The van der Waals surface area contributed by atoms with Gasteiger partial charge in [0.1, 0.15) is 11.9 Å². The fourth-order valence-corrected chi connectivity index (χ4v) is 2.66. The highest BCUT2D eigenvalue weighted by Crippen LogP contribution is 2.19. The van der Waals surface area contributed by atoms with E-state index < -0.39 is 0 Å². The number of ether oxygens (including phenoxy) is 2. The van der Waals surface area contributed by atoms with Gasteiger partial charge in [-0.3, -0.25) is 4.79 Å². The quantitative estimate of drug-likeness (QED) is 0.865. The van der Waals surface area contributed by atoms with E-state index in [9.17, 15) is 4.79 Å². The fraction of sp³-hybridized carbons (Fsp3) is 0.353. The monoisotopic (exact) mass is 313 g/mol. The van der Waals surface area contributed by atoms with Crippen molar-refractivity contribution < 1.29 is 14.3 Å². The third-order valence-electron chi connectivity index (χ3n) is 3.84. The number of nitrogens with zero attached hydrogens (tertiary/aromatic N) is 3. The second kappa shape index (κ2) is 7.09. The molecule has 1 aliphatic heterocycles. The van der Waals surface area contributed by atoms with E-state index in [0.29, 0.717) is 18.0 Å². The van der Waals surface area contributed by atoms with Gasteiger partial charge in [-0.25, -0.2) is 0 Å². The summed E-state index contributed by atoms with van der Waals surface area (Å²) in [6.07, 6.45) is 3.37. The van der Waals surface area contributed by atoms with Crippen LogP contribution in [0.3, 0.4) is 0 Å². The standard InChI is InChI=1S/C17H19N3O3/c1-22-14-8-6-13(7-9-14)17(21)20-11-3-4-15(12-20)23-16-5-2-10-18-19-16/h2,5-10,15H,3-4,11-12H2,1H3. The maximum Gasteiger partial charge on any atom is 0.253 e. The summed E-state index contributed by atoms with van der Waals surface area (Å²) < 4.78 is 10.9. The van der Waals surface area contributed by atoms with Crippen LogP contribution in [0.1, 0.15) is 23.2 Å². The van der Waals surface area contributed by atoms with E-state index >= 15 is 0 Å². The van der Waals surface area contributed by atoms with Crippen molar-refractivity contribution in [2.24, 2.45) is 0 Å². The molecule has 2 heterocycles. The third kappa shape index (κ3) is 3.77. The number of hydrogen-bond donors (Lipinski definition) is 0. The van der Waals surface area contributed by atoms with E-state index in [1.807, 2.05) is 4.90 Å². The molecule has 1 aromatic heterocycles. The van der Waals surface area contributed by atoms with E-state index in [1.54, 1.807) is 49.7 Å². The molecule has 6 heteroatoms. The third-order valence-corrected chi connectivity index (χ3v) is 3.84. The minimum Gasteiger partial charge on any atom is -0.497 e. The molecule has 120 valence electrons. The van der Waals surface area contributed by atoms with Gasteiger partial charge >= 0.3 is 0 Å². The molecule has 0 saturated carbocycles. The van der Waals surface area contributed by atoms with Crippen molar-refractivity contribution >= 4 is 5.91 Å². The molecule has 3 rings (SSSR count). The van der Waals surface area contributed by atoms with Crippen molar-refractivity contribution in [3.63, 3.8) is 0 Å². The first kappa shape index (κ1) is 15.3. The van der Waals surface area contributed by atoms with Crippen molar-refractivity contribution in [3.8, 4) is 11.6 Å². The van der Waals surface area contributed by atoms with Crippen molar-refractivity contribution in [2.45, 2.75) is 18.9 Å². The lowest BCUT2D eigenvalue weighted by atomic mass is 10.1. The van der Waals surface area contributed by atoms with Crippen LogP contribution in [0.15, 0.2) is 42.6 Å². The van der Waals surface area contributed by atoms with E-state index in [1.165, 1.54) is 0 Å². The summed E-state index contributed by atoms with van der Waals surface area (Å²) in [4.78, 5) is 14.4. The Balaban J connectivity index is 1.64. The highest BCUT2D eigenvalue weighted by atomic mass is 16.5. The molecule has 1 fully saturated rings. The van der Waals surface area contributed by atoms with Gasteiger partial charge in [-0.15, -0.1) is 5.10 Å². The molecule has 1 saturated heterocycles. The van der Waals surface area contributed by atoms with Gasteiger partial charge in [0.2, 0.25) is 5.88 Å². The number of hydrogen-bond acceptors (Lipinski definition) is 5. The summed E-state index contributed by atoms with van der Waals surface area (Å²) in [6.45, 7) is 1.30. The van der Waals surface area contributed by atoms with Crippen LogP contribution >= 0.6 is 0 Å². The van der Waals surface area contributed by atoms with Gasteiger partial charge in [0.25, 0.3) is 5.91 Å². The highest BCUT2D eigenvalue weighted by molar-refractivity contribution is 5.94. The predicted molar refractivity (Wildman–Crippen MR) is 84.6 cm³/mol. The van der Waals surface area contributed by atoms with Gasteiger partial charge in [-0.1, -0.05) is 0 Å². The molecule has 1 aliphatic rings. The lowest BCUT2D eigenvalue weighted by Gasteiger charge is -2.32. The molecule has 2 aromatic rings. The largest absolute Gasteiger partial charge is 0.497 e. The van der Waals surface area contributed by atoms with Gasteiger partial charge in [0.15, 0.2) is 0 Å². The van der Waals surface area contributed by atoms with Crippen LogP contribution in [0, 0.1) is 0 Å². The highest BCUT2D eigenvalue weighted by Gasteiger charge is 2.26. The average molecular weight is 313 g/mol. The fourth-order valence-electron chi connectivity index (χ4n) is 2.66. The Kier molecular flexibility index (Phi) is 4.71. The molecule has 0 spiro atoms. The van der Waals surface area contributed by atoms with Gasteiger partial charge in [0, 0.05) is 24.4 Å². The lowest BCUT2D eigenvalue weighted by molar-refractivity contribution is 0.0525. The minimum atomic E-state index is -0.0531. The topological polar surface area (TPSA) is 64.5 Å². The van der Waals surface area contributed by atoms with E-state index in [2.05, 4.69) is 10.2 Å². The summed E-state index contributed by atoms with van der Waals surface area (Å²) >= 11 is 0. The van der Waals surface area contributed by atoms with Crippen molar-refractivity contribution in [1.29, 1.82) is 0 Å². The number of carbonyl (C=O) groups excluding carboxylic acids is 1. The summed E-state index contributed by atoms with van der Waals surface area (Å²) in [6, 6.07) is 10.7. The normalized spacial score (nSPS) is 17.6. The molecular formula is C17H19N3O3. The molecule has 23 heavy (non-hydrogen) atoms. The first-order valence-corrected chi connectivity index (χ1v) is 7.64. The zero-order chi connectivity index (χ0) is 16.1. The average Bonchev–Trinajstić information content (AvgIpc) is 2.62. The van der Waals surface area contributed by atoms with Crippen LogP contribution in [0.25, 0.3) is 0 Å². The summed E-state index contributed by atoms with van der Waals surface area (Å²) in [5.41, 5.74) is 0.658. The molecule has 6 nitrogen and oxygen atoms in total. The SMILES string of the molecule is COc1ccc(C(=O)N2CCCC(Oc3cccnn3)C2)cc1. The second-order valence-corrected chi connectivity index (χ2v) is 5.42. The van der Waals surface area contributed by atoms with E-state index in [4.69, 9.17) is 9.47 Å². The number of rotatable bonds is 4. The maximum absolute atomic E-state index is 12.6. The summed E-state index contributed by atoms with van der Waals surface area (Å²) in [7, 11) is 1.61. The van der Waals surface area contributed by atoms with Gasteiger partial charge in [-0.05, 0) is 43.2 Å². The smallest absolute Gasteiger partial charge is 0.253 e. The number of benzene rings is 1. The van der Waals surface area contributed by atoms with Crippen LogP contribution in [-0.4, -0.2) is 47.3 Å². The summed E-state index contributed by atoms with van der Waals surface area (Å²) in [5, 5.41) is 7.73. The van der Waals surface area contributed by atoms with Crippen LogP contribution < -0.4 is 9.47 Å². The number of piperidine rings is 1. The molecule has 0 aliphatic carbocycles. The van der Waals surface area contributed by atoms with E-state index in [-0.39, 0.29) is 12.0 Å². The Hall–Kier alpha value is -2.63. The Morgan fingerprint density at radius 1 is 1.26 bits per heavy atom. The molecule has 0 bridgehead atoms. The number of likely N-dealkylation sites (tertiary alicyclic amines) is 1. The Morgan fingerprint density at radius 2 is 2.09 bits per heavy atom. The Morgan fingerprint density at radius 3 is 2.78 bits per heavy atom. The molecule has 1 unspecified atom stereocenters. The van der Waals surface area contributed by atoms with E-state index in [0.717, 1.165) is 25.1 Å². The molecule has 1 atom stereocenters. The van der Waals surface area contributed by atoms with Crippen LogP contribution in [0.2, 0.25) is 0 Å². The molecule has 1 amide bonds. The molecular weight excluding hydrogens is 294 g/mol. The second-order valence-electron chi connectivity index (χ2n) is 5.42. The van der Waals surface area contributed by atoms with Crippen molar-refractivity contribution in [3.05, 3.63) is 48.2 Å². The number of aromatic nitrogens is 2. The van der Waals surface area contributed by atoms with Gasteiger partial charge in [-0.2, -0.15) is 5.10 Å². The first-order valence-electron chi connectivity index (χ1n) is 7.64. The minimum absolute atomic E-state index is 0.0140. The van der Waals surface area contributed by atoms with Gasteiger partial charge < -0.3 is 14.4 Å². The maximum atomic E-state index is 12.6. The predicted octanol–water partition coefficient (Wildman–Crippen LogP) is 2.17. The lowest BCUT2D eigenvalue weighted by Crippen LogP contribution is -2.44. The number of amides is 1. The zero-order valence-corrected chi connectivity index (χ0v) is 13.0. The summed E-state index contributed by atoms with van der Waals surface area (Å²) in [5.74, 6) is 1.25. The first-order chi connectivity index (χ1) is 11.3. The zero-order valence-electron chi connectivity index (χ0n) is 13.0. The molecule has 0 N–H and O–H groups in total. The van der Waals surface area contributed by atoms with Crippen LogP contribution in [0.4, 0.5) is 0 Å². The Bertz CT molecular complexity index is 646. The number of carbonyl (C=O) groups is 1. The molecule has 0 radical (unpaired) electrons. The van der Waals surface area contributed by atoms with Gasteiger partial charge in [0.05, 0.1) is 13.7 Å². The van der Waals surface area contributed by atoms with Crippen molar-refractivity contribution in [2.75, 3.05) is 20.2 Å². The van der Waals surface area contributed by atoms with Crippen LogP contribution in [0.5, 0.6) is 11.6 Å². The number of methoxy groups -OCH3 is 1. The Labute approximate surface area is 135 Å². The van der Waals surface area contributed by atoms with Crippen molar-refractivity contribution in [1.82, 2.24) is 15.1 Å².